The van der Waals surface area contributed by atoms with Crippen molar-refractivity contribution in [1.29, 1.82) is 0 Å². The number of nitrogens with one attached hydrogen (secondary N) is 2. The van der Waals surface area contributed by atoms with Gasteiger partial charge in [-0.15, -0.1) is 0 Å². The normalized spacial score (nSPS) is 25.2. The zero-order valence-electron chi connectivity index (χ0n) is 37.9. The zero-order valence-corrected chi connectivity index (χ0v) is 37.9. The fourth-order valence-corrected chi connectivity index (χ4v) is 11.0. The third-order valence-electron chi connectivity index (χ3n) is 14.6. The molecule has 4 aliphatic rings. The first-order valence-electron chi connectivity index (χ1n) is 22.8. The minimum Gasteiger partial charge on any atom is -0.453 e. The van der Waals surface area contributed by atoms with Crippen LogP contribution >= 0.6 is 0 Å². The van der Waals surface area contributed by atoms with E-state index in [0.29, 0.717) is 55.8 Å². The molecule has 64 heavy (non-hydrogen) atoms. The van der Waals surface area contributed by atoms with Gasteiger partial charge >= 0.3 is 12.2 Å². The molecule has 2 saturated heterocycles. The van der Waals surface area contributed by atoms with Gasteiger partial charge in [-0.25, -0.2) is 9.59 Å². The number of amides is 6. The fourth-order valence-electron chi connectivity index (χ4n) is 11.0. The summed E-state index contributed by atoms with van der Waals surface area (Å²) in [4.78, 5) is 82.9. The summed E-state index contributed by atoms with van der Waals surface area (Å²) in [5.41, 5.74) is 15.7. The Morgan fingerprint density at radius 2 is 0.922 bits per heavy atom. The molecule has 2 aliphatic carbocycles. The monoisotopic (exact) mass is 876 g/mol. The first kappa shape index (κ1) is 46.1. The third-order valence-corrected chi connectivity index (χ3v) is 14.6. The van der Waals surface area contributed by atoms with E-state index < -0.39 is 47.2 Å². The molecule has 0 radical (unpaired) electrons. The number of likely N-dealkylation sites (tertiary alicyclic amines) is 2. The Bertz CT molecular complexity index is 2100. The molecule has 3 aromatic carbocycles. The van der Waals surface area contributed by atoms with Crippen LogP contribution in [0.15, 0.2) is 72.8 Å². The van der Waals surface area contributed by atoms with Gasteiger partial charge in [-0.3, -0.25) is 19.2 Å². The van der Waals surface area contributed by atoms with Gasteiger partial charge in [-0.05, 0) is 120 Å². The first-order chi connectivity index (χ1) is 30.6. The summed E-state index contributed by atoms with van der Waals surface area (Å²) < 4.78 is 9.61. The molecule has 342 valence electrons. The van der Waals surface area contributed by atoms with Gasteiger partial charge in [0.2, 0.25) is 23.6 Å². The van der Waals surface area contributed by atoms with E-state index in [2.05, 4.69) is 59.2 Å². The molecule has 4 fully saturated rings. The highest BCUT2D eigenvalue weighted by Crippen LogP contribution is 2.55. The standard InChI is InChI=1S/C50H64N6O8/c1-29(2)41(53-47(61)63-5)43(57)55-27-7-25-49(55,45(51)59)36-19-15-33(16-20-36)38-23-24-39(40(38)35-13-11-32(12-14-35)31-9-10-31)34-17-21-37(22-18-34)50(46(52)60)26-8-28-56(50)44(58)42(30(3)4)54-48(62)64-6/h11-22,29-31,38-42H,7-10,23-28H2,1-6H3,(H2,51,59)(H2,52,60)(H,53,61)(H,54,62)/t38?,39?,40?,41-,42-,49-,50-/m0/s1. The quantitative estimate of drug-likeness (QED) is 0.143. The van der Waals surface area contributed by atoms with Gasteiger partial charge in [0, 0.05) is 13.1 Å². The number of alkyl carbamates (subject to hydrolysis) is 2. The summed E-state index contributed by atoms with van der Waals surface area (Å²) in [6, 6.07) is 23.2. The number of nitrogens with two attached hydrogens (primary N) is 2. The SMILES string of the molecule is COC(=O)N[C@H](C(=O)N1CCC[C@@]1(C(N)=O)c1ccc(C2CCC(c3ccc([C@]4(C(N)=O)CCCN4C(=O)[C@@H](NC(=O)OC)C(C)C)cc3)C2c2ccc(C3CC3)cc2)cc1)C(C)C. The number of benzene rings is 3. The van der Waals surface area contributed by atoms with Gasteiger partial charge in [0.05, 0.1) is 14.2 Å². The molecule has 0 aromatic heterocycles. The van der Waals surface area contributed by atoms with Crippen LogP contribution in [0, 0.1) is 11.8 Å². The second kappa shape index (κ2) is 18.7. The van der Waals surface area contributed by atoms with E-state index in [4.69, 9.17) is 20.9 Å². The number of nitrogens with zero attached hydrogens (tertiary/aromatic N) is 2. The van der Waals surface area contributed by atoms with Crippen molar-refractivity contribution in [1.82, 2.24) is 20.4 Å². The lowest BCUT2D eigenvalue weighted by molar-refractivity contribution is -0.146. The Balaban J connectivity index is 1.20. The minimum absolute atomic E-state index is 0.0849. The van der Waals surface area contributed by atoms with Crippen LogP contribution in [0.25, 0.3) is 0 Å². The van der Waals surface area contributed by atoms with E-state index in [1.54, 1.807) is 0 Å². The van der Waals surface area contributed by atoms with Crippen molar-refractivity contribution < 1.29 is 38.2 Å². The second-order valence-corrected chi connectivity index (χ2v) is 18.9. The lowest BCUT2D eigenvalue weighted by Gasteiger charge is -2.39. The Hall–Kier alpha value is -5.92. The lowest BCUT2D eigenvalue weighted by Crippen LogP contribution is -2.59. The van der Waals surface area contributed by atoms with E-state index in [-0.39, 0.29) is 41.4 Å². The van der Waals surface area contributed by atoms with Crippen LogP contribution in [0.1, 0.15) is 136 Å². The van der Waals surface area contributed by atoms with Crippen molar-refractivity contribution in [2.45, 2.75) is 126 Å². The highest BCUT2D eigenvalue weighted by molar-refractivity contribution is 5.96. The van der Waals surface area contributed by atoms with Crippen LogP contribution in [-0.4, -0.2) is 85.0 Å². The Labute approximate surface area is 376 Å². The van der Waals surface area contributed by atoms with E-state index in [9.17, 15) is 28.8 Å². The molecule has 7 rings (SSSR count). The summed E-state index contributed by atoms with van der Waals surface area (Å²) in [6.45, 7) is 7.95. The maximum atomic E-state index is 14.1. The Kier molecular flexibility index (Phi) is 13.4. The molecule has 0 spiro atoms. The van der Waals surface area contributed by atoms with Crippen LogP contribution in [0.4, 0.5) is 9.59 Å². The smallest absolute Gasteiger partial charge is 0.407 e. The van der Waals surface area contributed by atoms with Gasteiger partial charge < -0.3 is 41.4 Å². The lowest BCUT2D eigenvalue weighted by atomic mass is 9.76. The first-order valence-corrected chi connectivity index (χ1v) is 22.8. The Morgan fingerprint density at radius 3 is 1.25 bits per heavy atom. The molecule has 6 N–H and O–H groups in total. The molecule has 2 aliphatic heterocycles. The molecular formula is C50H64N6O8. The number of ether oxygens (including phenoxy) is 2. The van der Waals surface area contributed by atoms with E-state index in [0.717, 1.165) is 24.0 Å². The van der Waals surface area contributed by atoms with Crippen molar-refractivity contribution >= 4 is 35.8 Å². The molecule has 6 atom stereocenters. The van der Waals surface area contributed by atoms with Gasteiger partial charge in [-0.1, -0.05) is 100 Å². The number of methoxy groups -OCH3 is 2. The number of carbonyl (C=O) groups is 6. The van der Waals surface area contributed by atoms with Crippen molar-refractivity contribution in [3.8, 4) is 0 Å². The average Bonchev–Trinajstić information content (AvgIpc) is 3.65. The molecule has 14 nitrogen and oxygen atoms in total. The van der Waals surface area contributed by atoms with Crippen molar-refractivity contribution in [3.63, 3.8) is 0 Å². The highest BCUT2D eigenvalue weighted by atomic mass is 16.5. The molecule has 2 unspecified atom stereocenters. The van der Waals surface area contributed by atoms with Crippen LogP contribution in [0.5, 0.6) is 0 Å². The van der Waals surface area contributed by atoms with E-state index in [1.165, 1.54) is 48.0 Å². The van der Waals surface area contributed by atoms with E-state index in [1.807, 2.05) is 52.0 Å². The van der Waals surface area contributed by atoms with Crippen molar-refractivity contribution in [3.05, 3.63) is 106 Å². The predicted octanol–water partition coefficient (Wildman–Crippen LogP) is 6.38. The van der Waals surface area contributed by atoms with Gasteiger partial charge in [0.1, 0.15) is 23.2 Å². The predicted molar refractivity (Wildman–Crippen MR) is 241 cm³/mol. The summed E-state index contributed by atoms with van der Waals surface area (Å²) in [5, 5.41) is 5.31. The van der Waals surface area contributed by atoms with Gasteiger partial charge in [0.25, 0.3) is 0 Å². The second-order valence-electron chi connectivity index (χ2n) is 18.9. The fraction of sp³-hybridized carbons (Fsp3) is 0.520. The number of primary amides is 2. The molecular weight excluding hydrogens is 813 g/mol. The molecule has 0 bridgehead atoms. The average molecular weight is 877 g/mol. The maximum Gasteiger partial charge on any atom is 0.407 e. The molecule has 14 heteroatoms. The molecule has 2 heterocycles. The van der Waals surface area contributed by atoms with Crippen molar-refractivity contribution in [2.24, 2.45) is 23.3 Å². The van der Waals surface area contributed by atoms with Crippen LogP contribution in [-0.2, 0) is 39.7 Å². The number of hydrogen-bond donors (Lipinski definition) is 4. The minimum atomic E-state index is -1.38. The van der Waals surface area contributed by atoms with Crippen molar-refractivity contribution in [2.75, 3.05) is 27.3 Å². The number of hydrogen-bond acceptors (Lipinski definition) is 8. The summed E-state index contributed by atoms with van der Waals surface area (Å²) in [7, 11) is 2.48. The molecule has 6 amide bonds. The van der Waals surface area contributed by atoms with Gasteiger partial charge in [0.15, 0.2) is 0 Å². The Morgan fingerprint density at radius 1 is 0.562 bits per heavy atom. The maximum absolute atomic E-state index is 14.1. The van der Waals surface area contributed by atoms with E-state index >= 15 is 0 Å². The van der Waals surface area contributed by atoms with Crippen LogP contribution in [0.3, 0.4) is 0 Å². The topological polar surface area (TPSA) is 203 Å². The third kappa shape index (κ3) is 8.43. The molecule has 3 aromatic rings. The molecule has 2 saturated carbocycles. The number of carbonyl (C=O) groups excluding carboxylic acids is 6. The summed E-state index contributed by atoms with van der Waals surface area (Å²) >= 11 is 0. The van der Waals surface area contributed by atoms with Gasteiger partial charge in [-0.2, -0.15) is 0 Å². The largest absolute Gasteiger partial charge is 0.453 e. The van der Waals surface area contributed by atoms with Crippen LogP contribution < -0.4 is 22.1 Å². The number of rotatable bonds is 14. The summed E-state index contributed by atoms with van der Waals surface area (Å²) in [6.07, 6.45) is 4.60. The summed E-state index contributed by atoms with van der Waals surface area (Å²) in [5.74, 6) is -1.63. The highest BCUT2D eigenvalue weighted by Gasteiger charge is 2.53. The zero-order chi connectivity index (χ0) is 46.1. The van der Waals surface area contributed by atoms with Crippen LogP contribution in [0.2, 0.25) is 0 Å².